The van der Waals surface area contributed by atoms with Crippen LogP contribution in [0.1, 0.15) is 44.7 Å². The average Bonchev–Trinajstić information content (AvgIpc) is 3.19. The summed E-state index contributed by atoms with van der Waals surface area (Å²) in [4.78, 5) is 44.1. The highest BCUT2D eigenvalue weighted by Crippen LogP contribution is 2.22. The van der Waals surface area contributed by atoms with Crippen molar-refractivity contribution < 1.29 is 5.11 Å². The fraction of sp³-hybridized carbons (Fsp3) is 0.391. The van der Waals surface area contributed by atoms with Gasteiger partial charge >= 0.3 is 5.69 Å². The van der Waals surface area contributed by atoms with E-state index >= 15 is 0 Å². The normalized spacial score (nSPS) is 11.6. The molecule has 32 heavy (non-hydrogen) atoms. The highest BCUT2D eigenvalue weighted by atomic mass is 16.3. The third kappa shape index (κ3) is 3.24. The van der Waals surface area contributed by atoms with Crippen molar-refractivity contribution in [1.29, 1.82) is 0 Å². The molecule has 0 unspecified atom stereocenters. The molecule has 4 aromatic rings. The lowest BCUT2D eigenvalue weighted by molar-refractivity contribution is 0.410. The van der Waals surface area contributed by atoms with E-state index in [1.807, 2.05) is 37.3 Å². The van der Waals surface area contributed by atoms with Crippen LogP contribution in [0.4, 0.5) is 0 Å². The van der Waals surface area contributed by atoms with Gasteiger partial charge in [-0.05, 0) is 32.3 Å². The second-order valence-corrected chi connectivity index (χ2v) is 7.78. The van der Waals surface area contributed by atoms with Crippen LogP contribution in [0.2, 0.25) is 0 Å². The van der Waals surface area contributed by atoms with Gasteiger partial charge in [0.2, 0.25) is 11.7 Å². The number of hydrogen-bond acceptors (Lipinski definition) is 5. The second-order valence-electron chi connectivity index (χ2n) is 7.78. The summed E-state index contributed by atoms with van der Waals surface area (Å²) in [5.74, 6) is -0.0181. The van der Waals surface area contributed by atoms with Crippen LogP contribution in [0.5, 0.6) is 5.88 Å². The van der Waals surface area contributed by atoms with E-state index in [2.05, 4.69) is 4.98 Å². The van der Waals surface area contributed by atoms with Crippen LogP contribution in [0.15, 0.2) is 44.7 Å². The number of unbranched alkanes of at least 4 members (excludes halogenated alkanes) is 1. The predicted octanol–water partition coefficient (Wildman–Crippen LogP) is 2.11. The molecule has 9 heteroatoms. The highest BCUT2D eigenvalue weighted by molar-refractivity contribution is 5.75. The molecule has 0 aliphatic heterocycles. The van der Waals surface area contributed by atoms with Gasteiger partial charge in [-0.25, -0.2) is 9.20 Å². The summed E-state index contributed by atoms with van der Waals surface area (Å²) in [6.45, 7) is 6.24. The lowest BCUT2D eigenvalue weighted by atomic mass is 10.1. The van der Waals surface area contributed by atoms with Crippen LogP contribution >= 0.6 is 0 Å². The minimum atomic E-state index is -0.555. The largest absolute Gasteiger partial charge is 0.494 e. The Balaban J connectivity index is 2.19. The topological polar surface area (TPSA) is 104 Å². The Hall–Kier alpha value is -3.62. The fourth-order valence-electron chi connectivity index (χ4n) is 4.14. The van der Waals surface area contributed by atoms with E-state index in [9.17, 15) is 19.5 Å². The van der Waals surface area contributed by atoms with Crippen molar-refractivity contribution >= 4 is 16.9 Å². The van der Waals surface area contributed by atoms with E-state index in [1.165, 1.54) is 8.97 Å². The van der Waals surface area contributed by atoms with E-state index in [1.54, 1.807) is 18.4 Å². The van der Waals surface area contributed by atoms with Crippen LogP contribution in [0.3, 0.4) is 0 Å². The molecule has 1 N–H and O–H groups in total. The number of benzene rings is 1. The molecule has 9 nitrogen and oxygen atoms in total. The monoisotopic (exact) mass is 437 g/mol. The van der Waals surface area contributed by atoms with E-state index in [0.29, 0.717) is 19.4 Å². The van der Waals surface area contributed by atoms with Gasteiger partial charge in [0.1, 0.15) is 0 Å². The van der Waals surface area contributed by atoms with Gasteiger partial charge < -0.3 is 5.11 Å². The first-order valence-corrected chi connectivity index (χ1v) is 11.0. The summed E-state index contributed by atoms with van der Waals surface area (Å²) in [6, 6.07) is 9.50. The molecule has 0 radical (unpaired) electrons. The molecule has 4 rings (SSSR count). The van der Waals surface area contributed by atoms with Crippen LogP contribution < -0.4 is 16.8 Å². The Morgan fingerprint density at radius 3 is 2.22 bits per heavy atom. The number of aromatic nitrogens is 5. The molecule has 0 spiro atoms. The quantitative estimate of drug-likeness (QED) is 0.477. The summed E-state index contributed by atoms with van der Waals surface area (Å²) >= 11 is 0. The zero-order chi connectivity index (χ0) is 23.0. The Morgan fingerprint density at radius 2 is 1.59 bits per heavy atom. The summed E-state index contributed by atoms with van der Waals surface area (Å²) in [5, 5.41) is 11.1. The van der Waals surface area contributed by atoms with Crippen LogP contribution in [0, 0.1) is 0 Å². The Kier molecular flexibility index (Phi) is 5.73. The van der Waals surface area contributed by atoms with E-state index in [4.69, 9.17) is 0 Å². The van der Waals surface area contributed by atoms with E-state index < -0.39 is 16.8 Å². The zero-order valence-electron chi connectivity index (χ0n) is 18.5. The van der Waals surface area contributed by atoms with Crippen LogP contribution in [-0.2, 0) is 26.1 Å². The lowest BCUT2D eigenvalue weighted by Crippen LogP contribution is -2.40. The van der Waals surface area contributed by atoms with Gasteiger partial charge in [0.15, 0.2) is 11.2 Å². The minimum absolute atomic E-state index is 0.0628. The van der Waals surface area contributed by atoms with Crippen molar-refractivity contribution in [1.82, 2.24) is 23.1 Å². The van der Waals surface area contributed by atoms with E-state index in [0.717, 1.165) is 16.6 Å². The van der Waals surface area contributed by atoms with Crippen molar-refractivity contribution in [2.45, 2.75) is 59.7 Å². The van der Waals surface area contributed by atoms with Crippen LogP contribution in [-0.4, -0.2) is 28.2 Å². The maximum absolute atomic E-state index is 13.5. The first-order valence-electron chi connectivity index (χ1n) is 11.0. The van der Waals surface area contributed by atoms with Crippen LogP contribution in [0.25, 0.3) is 16.9 Å². The number of rotatable bonds is 7. The van der Waals surface area contributed by atoms with Crippen molar-refractivity contribution in [3.05, 3.63) is 72.7 Å². The van der Waals surface area contributed by atoms with Gasteiger partial charge in [0.25, 0.3) is 11.1 Å². The summed E-state index contributed by atoms with van der Waals surface area (Å²) in [5.41, 5.74) is -0.134. The van der Waals surface area contributed by atoms with E-state index in [-0.39, 0.29) is 41.5 Å². The SMILES string of the molecule is CCCCc1c(O)n(Cc2ccccc2)c2nc3c(c(=O)n(CC)c(=O)n3CC)n2c1=O. The molecule has 3 aromatic heterocycles. The Bertz CT molecular complexity index is 1470. The molecule has 0 atom stereocenters. The van der Waals surface area contributed by atoms with Gasteiger partial charge in [-0.3, -0.25) is 23.3 Å². The molecule has 0 saturated heterocycles. The molecular weight excluding hydrogens is 410 g/mol. The molecular formula is C23H27N5O4. The first kappa shape index (κ1) is 21.6. The van der Waals surface area contributed by atoms with Gasteiger partial charge in [-0.15, -0.1) is 0 Å². The third-order valence-corrected chi connectivity index (χ3v) is 5.83. The minimum Gasteiger partial charge on any atom is -0.494 e. The highest BCUT2D eigenvalue weighted by Gasteiger charge is 2.24. The summed E-state index contributed by atoms with van der Waals surface area (Å²) < 4.78 is 5.31. The number of imidazole rings is 1. The molecule has 0 aliphatic carbocycles. The van der Waals surface area contributed by atoms with Gasteiger partial charge in [-0.1, -0.05) is 43.7 Å². The molecule has 0 bridgehead atoms. The first-order chi connectivity index (χ1) is 15.4. The lowest BCUT2D eigenvalue weighted by Gasteiger charge is -2.14. The van der Waals surface area contributed by atoms with Crippen molar-refractivity contribution in [3.8, 4) is 5.88 Å². The number of fused-ring (bicyclic) bond motifs is 3. The predicted molar refractivity (Wildman–Crippen MR) is 123 cm³/mol. The number of aryl methyl sites for hydroxylation is 1. The smallest absolute Gasteiger partial charge is 0.332 e. The average molecular weight is 438 g/mol. The zero-order valence-corrected chi connectivity index (χ0v) is 18.5. The fourth-order valence-corrected chi connectivity index (χ4v) is 4.14. The van der Waals surface area contributed by atoms with Crippen molar-refractivity contribution in [2.24, 2.45) is 0 Å². The number of nitrogens with zero attached hydrogens (tertiary/aromatic N) is 5. The Labute approximate surface area is 183 Å². The maximum Gasteiger partial charge on any atom is 0.332 e. The van der Waals surface area contributed by atoms with Crippen molar-refractivity contribution in [3.63, 3.8) is 0 Å². The summed E-state index contributed by atoms with van der Waals surface area (Å²) in [6.07, 6.45) is 1.93. The molecule has 0 amide bonds. The van der Waals surface area contributed by atoms with Crippen molar-refractivity contribution in [2.75, 3.05) is 0 Å². The van der Waals surface area contributed by atoms with Gasteiger partial charge in [-0.2, -0.15) is 4.98 Å². The van der Waals surface area contributed by atoms with Gasteiger partial charge in [0, 0.05) is 13.1 Å². The summed E-state index contributed by atoms with van der Waals surface area (Å²) in [7, 11) is 0. The Morgan fingerprint density at radius 1 is 0.906 bits per heavy atom. The molecule has 3 heterocycles. The van der Waals surface area contributed by atoms with Gasteiger partial charge in [0.05, 0.1) is 12.1 Å². The molecule has 0 aliphatic rings. The third-order valence-electron chi connectivity index (χ3n) is 5.83. The molecule has 0 fully saturated rings. The molecule has 168 valence electrons. The number of aromatic hydroxyl groups is 1. The standard InChI is InChI=1S/C23H27N5O4/c1-4-7-13-16-19(29)27(14-15-11-9-8-10-12-15)22-24-18-17(28(22)20(16)30)21(31)26(6-3)23(32)25(18)5-2/h8-12,29H,4-7,13-14H2,1-3H3. The number of hydrogen-bond donors (Lipinski definition) is 1. The molecule has 0 saturated carbocycles. The molecule has 1 aromatic carbocycles. The maximum atomic E-state index is 13.5. The second kappa shape index (κ2) is 8.49.